The van der Waals surface area contributed by atoms with Crippen LogP contribution in [0.5, 0.6) is 0 Å². The number of nitrogens with one attached hydrogen (secondary N) is 2. The summed E-state index contributed by atoms with van der Waals surface area (Å²) in [6.07, 6.45) is 6.11. The van der Waals surface area contributed by atoms with Crippen LogP contribution in [0.25, 0.3) is 11.0 Å². The Morgan fingerprint density at radius 1 is 1.20 bits per heavy atom. The molecule has 7 nitrogen and oxygen atoms in total. The van der Waals surface area contributed by atoms with Crippen LogP contribution in [0, 0.1) is 0 Å². The molecule has 1 aromatic carbocycles. The van der Waals surface area contributed by atoms with Gasteiger partial charge in [-0.2, -0.15) is 5.10 Å². The predicted octanol–water partition coefficient (Wildman–Crippen LogP) is 3.92. The number of hydrogen-bond acceptors (Lipinski definition) is 5. The van der Waals surface area contributed by atoms with E-state index in [-0.39, 0.29) is 18.0 Å². The van der Waals surface area contributed by atoms with Gasteiger partial charge in [-0.05, 0) is 31.7 Å². The van der Waals surface area contributed by atoms with Crippen LogP contribution in [-0.2, 0) is 11.3 Å². The van der Waals surface area contributed by atoms with E-state index in [1.54, 1.807) is 12.4 Å². The van der Waals surface area contributed by atoms with E-state index in [4.69, 9.17) is 4.74 Å². The Kier molecular flexibility index (Phi) is 6.28. The van der Waals surface area contributed by atoms with E-state index < -0.39 is 0 Å². The van der Waals surface area contributed by atoms with Crippen molar-refractivity contribution in [2.45, 2.75) is 51.7 Å². The number of hydrogen-bond donors (Lipinski definition) is 2. The van der Waals surface area contributed by atoms with Crippen molar-refractivity contribution in [1.29, 1.82) is 0 Å². The number of ether oxygens (including phenoxy) is 1. The summed E-state index contributed by atoms with van der Waals surface area (Å²) in [5.74, 6) is -0.126. The van der Waals surface area contributed by atoms with Crippen LogP contribution < -0.4 is 10.6 Å². The second-order valence-corrected chi connectivity index (χ2v) is 7.62. The third kappa shape index (κ3) is 4.16. The van der Waals surface area contributed by atoms with Gasteiger partial charge in [0.25, 0.3) is 5.91 Å². The van der Waals surface area contributed by atoms with E-state index in [2.05, 4.69) is 27.6 Å². The van der Waals surface area contributed by atoms with Gasteiger partial charge in [-0.15, -0.1) is 0 Å². The van der Waals surface area contributed by atoms with Crippen molar-refractivity contribution in [3.63, 3.8) is 0 Å². The summed E-state index contributed by atoms with van der Waals surface area (Å²) < 4.78 is 7.34. The van der Waals surface area contributed by atoms with E-state index >= 15 is 0 Å². The van der Waals surface area contributed by atoms with E-state index in [0.717, 1.165) is 61.3 Å². The maximum atomic E-state index is 13.3. The molecule has 4 rings (SSSR count). The van der Waals surface area contributed by atoms with E-state index in [9.17, 15) is 4.79 Å². The molecule has 30 heavy (non-hydrogen) atoms. The van der Waals surface area contributed by atoms with Gasteiger partial charge < -0.3 is 15.4 Å². The summed E-state index contributed by atoms with van der Waals surface area (Å²) in [7, 11) is 0. The monoisotopic (exact) mass is 407 g/mol. The topological polar surface area (TPSA) is 81.1 Å². The number of fused-ring (bicyclic) bond motifs is 1. The number of benzene rings is 1. The average Bonchev–Trinajstić information content (AvgIpc) is 3.22. The number of aryl methyl sites for hydroxylation is 1. The smallest absolute Gasteiger partial charge is 0.255 e. The molecule has 7 heteroatoms. The lowest BCUT2D eigenvalue weighted by atomic mass is 10.0. The van der Waals surface area contributed by atoms with Crippen LogP contribution >= 0.6 is 0 Å². The van der Waals surface area contributed by atoms with Crippen molar-refractivity contribution in [2.75, 3.05) is 18.5 Å². The SMILES string of the molecule is CC[C@H](NC(=O)c1cnc2c(cnn2CC)c1NC1CCOCC1)c1ccccc1. The van der Waals surface area contributed by atoms with Gasteiger partial charge in [0.1, 0.15) is 0 Å². The van der Waals surface area contributed by atoms with Gasteiger partial charge in [0.2, 0.25) is 0 Å². The standard InChI is InChI=1S/C23H29N5O2/c1-3-20(16-8-6-5-7-9-16)27-23(29)19-14-24-22-18(15-25-28(22)4-2)21(19)26-17-10-12-30-13-11-17/h5-9,14-15,17,20H,3-4,10-13H2,1-2H3,(H,24,26)(H,27,29)/t20-/m0/s1. The van der Waals surface area contributed by atoms with Gasteiger partial charge in [-0.1, -0.05) is 37.3 Å². The van der Waals surface area contributed by atoms with Gasteiger partial charge in [0, 0.05) is 32.0 Å². The highest BCUT2D eigenvalue weighted by Crippen LogP contribution is 2.29. The third-order valence-corrected chi connectivity index (χ3v) is 5.70. The molecule has 3 aromatic rings. The van der Waals surface area contributed by atoms with Crippen molar-refractivity contribution < 1.29 is 9.53 Å². The zero-order valence-corrected chi connectivity index (χ0v) is 17.6. The molecule has 0 spiro atoms. The van der Waals surface area contributed by atoms with Crippen LogP contribution in [0.4, 0.5) is 5.69 Å². The van der Waals surface area contributed by atoms with E-state index in [1.165, 1.54) is 0 Å². The summed E-state index contributed by atoms with van der Waals surface area (Å²) in [5.41, 5.74) is 3.25. The fourth-order valence-electron chi connectivity index (χ4n) is 3.97. The molecular formula is C23H29N5O2. The van der Waals surface area contributed by atoms with Gasteiger partial charge in [-0.3, -0.25) is 4.79 Å². The molecule has 2 aromatic heterocycles. The minimum absolute atomic E-state index is 0.0521. The molecular weight excluding hydrogens is 378 g/mol. The normalized spacial score (nSPS) is 15.8. The molecule has 0 radical (unpaired) electrons. The molecule has 1 atom stereocenters. The molecule has 0 unspecified atom stereocenters. The molecule has 158 valence electrons. The second-order valence-electron chi connectivity index (χ2n) is 7.62. The largest absolute Gasteiger partial charge is 0.381 e. The van der Waals surface area contributed by atoms with Crippen molar-refractivity contribution in [3.8, 4) is 0 Å². The van der Waals surface area contributed by atoms with Crippen LogP contribution in [0.15, 0.2) is 42.7 Å². The second kappa shape index (κ2) is 9.26. The first-order valence-corrected chi connectivity index (χ1v) is 10.8. The summed E-state index contributed by atoms with van der Waals surface area (Å²) in [4.78, 5) is 17.9. The summed E-state index contributed by atoms with van der Waals surface area (Å²) in [6.45, 7) is 6.30. The lowest BCUT2D eigenvalue weighted by Crippen LogP contribution is -2.32. The molecule has 1 saturated heterocycles. The lowest BCUT2D eigenvalue weighted by molar-refractivity contribution is 0.0903. The molecule has 3 heterocycles. The Labute approximate surface area is 176 Å². The maximum absolute atomic E-state index is 13.3. The fraction of sp³-hybridized carbons (Fsp3) is 0.435. The van der Waals surface area contributed by atoms with Gasteiger partial charge in [0.15, 0.2) is 5.65 Å². The highest BCUT2D eigenvalue weighted by molar-refractivity contribution is 6.06. The first-order valence-electron chi connectivity index (χ1n) is 10.8. The molecule has 1 fully saturated rings. The number of amides is 1. The van der Waals surface area contributed by atoms with Crippen LogP contribution in [0.3, 0.4) is 0 Å². The number of rotatable bonds is 7. The van der Waals surface area contributed by atoms with Crippen LogP contribution in [0.1, 0.15) is 55.1 Å². The Bertz CT molecular complexity index is 996. The molecule has 1 aliphatic heterocycles. The Morgan fingerprint density at radius 2 is 1.97 bits per heavy atom. The van der Waals surface area contributed by atoms with Crippen LogP contribution in [0.2, 0.25) is 0 Å². The first-order chi connectivity index (χ1) is 14.7. The number of anilines is 1. The minimum atomic E-state index is -0.126. The zero-order valence-electron chi connectivity index (χ0n) is 17.6. The number of carbonyl (C=O) groups excluding carboxylic acids is 1. The average molecular weight is 408 g/mol. The summed E-state index contributed by atoms with van der Waals surface area (Å²) >= 11 is 0. The van der Waals surface area contributed by atoms with Crippen LogP contribution in [-0.4, -0.2) is 39.9 Å². The highest BCUT2D eigenvalue weighted by atomic mass is 16.5. The van der Waals surface area contributed by atoms with Crippen molar-refractivity contribution in [2.24, 2.45) is 0 Å². The molecule has 0 aliphatic carbocycles. The maximum Gasteiger partial charge on any atom is 0.255 e. The summed E-state index contributed by atoms with van der Waals surface area (Å²) in [5, 5.41) is 12.1. The molecule has 0 bridgehead atoms. The highest BCUT2D eigenvalue weighted by Gasteiger charge is 2.23. The molecule has 1 aliphatic rings. The lowest BCUT2D eigenvalue weighted by Gasteiger charge is -2.26. The van der Waals surface area contributed by atoms with E-state index in [0.29, 0.717) is 5.56 Å². The predicted molar refractivity (Wildman–Crippen MR) is 118 cm³/mol. The Morgan fingerprint density at radius 3 is 2.67 bits per heavy atom. The fourth-order valence-corrected chi connectivity index (χ4v) is 3.97. The quantitative estimate of drug-likeness (QED) is 0.620. The summed E-state index contributed by atoms with van der Waals surface area (Å²) in [6, 6.07) is 10.3. The van der Waals surface area contributed by atoms with Crippen molar-refractivity contribution >= 4 is 22.6 Å². The van der Waals surface area contributed by atoms with Crippen molar-refractivity contribution in [3.05, 3.63) is 53.9 Å². The zero-order chi connectivity index (χ0) is 20.9. The minimum Gasteiger partial charge on any atom is -0.381 e. The molecule has 0 saturated carbocycles. The number of nitrogens with zero attached hydrogens (tertiary/aromatic N) is 3. The number of aromatic nitrogens is 3. The molecule has 2 N–H and O–H groups in total. The third-order valence-electron chi connectivity index (χ3n) is 5.70. The van der Waals surface area contributed by atoms with E-state index in [1.807, 2.05) is 41.9 Å². The Hall–Kier alpha value is -2.93. The number of pyridine rings is 1. The first kappa shape index (κ1) is 20.3. The van der Waals surface area contributed by atoms with Gasteiger partial charge in [0.05, 0.1) is 28.9 Å². The van der Waals surface area contributed by atoms with Gasteiger partial charge in [-0.25, -0.2) is 9.67 Å². The van der Waals surface area contributed by atoms with Gasteiger partial charge >= 0.3 is 0 Å². The molecule has 1 amide bonds. The number of carbonyl (C=O) groups is 1. The Balaban J connectivity index is 1.67. The van der Waals surface area contributed by atoms with Crippen molar-refractivity contribution in [1.82, 2.24) is 20.1 Å².